The highest BCUT2D eigenvalue weighted by Crippen LogP contribution is 2.17. The Labute approximate surface area is 95.4 Å². The standard InChI is InChI=1S/C12H18N2O2/c1-2-10(11-4-3-7-16-11)13-8-9-5-6-12(15)14-9/h3-4,7,9-10,13H,2,5-6,8H2,1H3,(H,14,15). The number of carbonyl (C=O) groups is 1. The summed E-state index contributed by atoms with van der Waals surface area (Å²) in [6.07, 6.45) is 4.26. The van der Waals surface area contributed by atoms with Crippen molar-refractivity contribution in [3.8, 4) is 0 Å². The summed E-state index contributed by atoms with van der Waals surface area (Å²) in [5.74, 6) is 1.13. The summed E-state index contributed by atoms with van der Waals surface area (Å²) in [7, 11) is 0. The van der Waals surface area contributed by atoms with Crippen molar-refractivity contribution in [2.75, 3.05) is 6.54 Å². The molecule has 2 unspecified atom stereocenters. The molecular formula is C12H18N2O2. The summed E-state index contributed by atoms with van der Waals surface area (Å²) in [5.41, 5.74) is 0. The van der Waals surface area contributed by atoms with Crippen molar-refractivity contribution < 1.29 is 9.21 Å². The van der Waals surface area contributed by atoms with Crippen molar-refractivity contribution in [2.45, 2.75) is 38.3 Å². The van der Waals surface area contributed by atoms with Crippen molar-refractivity contribution in [2.24, 2.45) is 0 Å². The maximum absolute atomic E-state index is 11.0. The largest absolute Gasteiger partial charge is 0.468 e. The number of hydrogen-bond acceptors (Lipinski definition) is 3. The fraction of sp³-hybridized carbons (Fsp3) is 0.583. The Kier molecular flexibility index (Phi) is 3.62. The summed E-state index contributed by atoms with van der Waals surface area (Å²) in [6, 6.07) is 4.40. The lowest BCUT2D eigenvalue weighted by atomic mass is 10.1. The van der Waals surface area contributed by atoms with E-state index in [1.54, 1.807) is 6.26 Å². The summed E-state index contributed by atoms with van der Waals surface area (Å²) in [4.78, 5) is 11.0. The predicted octanol–water partition coefficient (Wildman–Crippen LogP) is 1.60. The molecule has 4 heteroatoms. The fourth-order valence-corrected chi connectivity index (χ4v) is 2.05. The van der Waals surface area contributed by atoms with Crippen molar-refractivity contribution in [3.05, 3.63) is 24.2 Å². The van der Waals surface area contributed by atoms with Crippen LogP contribution in [-0.2, 0) is 4.79 Å². The van der Waals surface area contributed by atoms with Gasteiger partial charge in [0.2, 0.25) is 5.91 Å². The number of hydrogen-bond donors (Lipinski definition) is 2. The number of nitrogens with one attached hydrogen (secondary N) is 2. The van der Waals surface area contributed by atoms with Gasteiger partial charge in [0.15, 0.2) is 0 Å². The summed E-state index contributed by atoms with van der Waals surface area (Å²) < 4.78 is 5.37. The molecule has 0 aromatic carbocycles. The second-order valence-corrected chi connectivity index (χ2v) is 4.19. The Morgan fingerprint density at radius 2 is 2.56 bits per heavy atom. The molecule has 1 aromatic heterocycles. The molecule has 16 heavy (non-hydrogen) atoms. The molecule has 4 nitrogen and oxygen atoms in total. The van der Waals surface area contributed by atoms with Crippen LogP contribution in [0.15, 0.2) is 22.8 Å². The molecule has 0 saturated carbocycles. The fourth-order valence-electron chi connectivity index (χ4n) is 2.05. The molecule has 1 aliphatic heterocycles. The van der Waals surface area contributed by atoms with Gasteiger partial charge >= 0.3 is 0 Å². The van der Waals surface area contributed by atoms with E-state index in [1.807, 2.05) is 12.1 Å². The van der Waals surface area contributed by atoms with Crippen LogP contribution in [0.4, 0.5) is 0 Å². The van der Waals surface area contributed by atoms with Crippen LogP contribution >= 0.6 is 0 Å². The van der Waals surface area contributed by atoms with Gasteiger partial charge in [0.1, 0.15) is 5.76 Å². The van der Waals surface area contributed by atoms with E-state index in [4.69, 9.17) is 4.42 Å². The number of amides is 1. The third-order valence-corrected chi connectivity index (χ3v) is 2.99. The molecule has 1 aromatic rings. The third kappa shape index (κ3) is 2.64. The van der Waals surface area contributed by atoms with E-state index in [0.717, 1.165) is 25.1 Å². The molecule has 2 atom stereocenters. The molecule has 2 N–H and O–H groups in total. The number of rotatable bonds is 5. The lowest BCUT2D eigenvalue weighted by Crippen LogP contribution is -2.37. The van der Waals surface area contributed by atoms with Crippen LogP contribution in [0.1, 0.15) is 38.0 Å². The zero-order chi connectivity index (χ0) is 11.4. The molecule has 0 bridgehead atoms. The van der Waals surface area contributed by atoms with Crippen molar-refractivity contribution in [3.63, 3.8) is 0 Å². The monoisotopic (exact) mass is 222 g/mol. The highest BCUT2D eigenvalue weighted by Gasteiger charge is 2.21. The molecule has 1 fully saturated rings. The molecule has 0 spiro atoms. The minimum atomic E-state index is 0.165. The van der Waals surface area contributed by atoms with Crippen LogP contribution in [0.3, 0.4) is 0 Å². The molecule has 0 aliphatic carbocycles. The van der Waals surface area contributed by atoms with Crippen LogP contribution in [0.25, 0.3) is 0 Å². The minimum Gasteiger partial charge on any atom is -0.468 e. The van der Waals surface area contributed by atoms with Crippen LogP contribution in [0.5, 0.6) is 0 Å². The summed E-state index contributed by atoms with van der Waals surface area (Å²) in [6.45, 7) is 2.93. The Hall–Kier alpha value is -1.29. The van der Waals surface area contributed by atoms with Gasteiger partial charge in [-0.2, -0.15) is 0 Å². The molecule has 88 valence electrons. The van der Waals surface area contributed by atoms with Gasteiger partial charge in [-0.15, -0.1) is 0 Å². The van der Waals surface area contributed by atoms with Gasteiger partial charge in [-0.25, -0.2) is 0 Å². The molecule has 1 amide bonds. The highest BCUT2D eigenvalue weighted by molar-refractivity contribution is 5.78. The Morgan fingerprint density at radius 3 is 3.12 bits per heavy atom. The van der Waals surface area contributed by atoms with Gasteiger partial charge in [-0.1, -0.05) is 6.92 Å². The van der Waals surface area contributed by atoms with Crippen LogP contribution in [0.2, 0.25) is 0 Å². The third-order valence-electron chi connectivity index (χ3n) is 2.99. The highest BCUT2D eigenvalue weighted by atomic mass is 16.3. The van der Waals surface area contributed by atoms with Crippen molar-refractivity contribution in [1.82, 2.24) is 10.6 Å². The van der Waals surface area contributed by atoms with Gasteiger partial charge in [-0.05, 0) is 25.0 Å². The predicted molar refractivity (Wildman–Crippen MR) is 60.9 cm³/mol. The normalized spacial score (nSPS) is 22.1. The van der Waals surface area contributed by atoms with Gasteiger partial charge in [0.05, 0.1) is 12.3 Å². The van der Waals surface area contributed by atoms with Gasteiger partial charge < -0.3 is 15.1 Å². The average Bonchev–Trinajstić information content (AvgIpc) is 2.91. The van der Waals surface area contributed by atoms with Gasteiger partial charge in [0.25, 0.3) is 0 Å². The first-order valence-electron chi connectivity index (χ1n) is 5.85. The first kappa shape index (κ1) is 11.2. The maximum Gasteiger partial charge on any atom is 0.220 e. The second kappa shape index (κ2) is 5.16. The lowest BCUT2D eigenvalue weighted by Gasteiger charge is -2.17. The smallest absolute Gasteiger partial charge is 0.220 e. The van der Waals surface area contributed by atoms with E-state index in [-0.39, 0.29) is 18.0 Å². The van der Waals surface area contributed by atoms with Crippen LogP contribution in [-0.4, -0.2) is 18.5 Å². The SMILES string of the molecule is CCC(NCC1CCC(=O)N1)c1ccco1. The van der Waals surface area contributed by atoms with E-state index in [9.17, 15) is 4.79 Å². The van der Waals surface area contributed by atoms with Crippen LogP contribution < -0.4 is 10.6 Å². The van der Waals surface area contributed by atoms with E-state index in [1.165, 1.54) is 0 Å². The van der Waals surface area contributed by atoms with E-state index < -0.39 is 0 Å². The maximum atomic E-state index is 11.0. The zero-order valence-corrected chi connectivity index (χ0v) is 9.53. The van der Waals surface area contributed by atoms with Gasteiger partial charge in [-0.3, -0.25) is 4.79 Å². The lowest BCUT2D eigenvalue weighted by molar-refractivity contribution is -0.119. The molecule has 0 radical (unpaired) electrons. The molecule has 1 aliphatic rings. The second-order valence-electron chi connectivity index (χ2n) is 4.19. The quantitative estimate of drug-likeness (QED) is 0.795. The Balaban J connectivity index is 1.81. The van der Waals surface area contributed by atoms with E-state index in [0.29, 0.717) is 6.42 Å². The first-order chi connectivity index (χ1) is 7.79. The minimum absolute atomic E-state index is 0.165. The topological polar surface area (TPSA) is 54.3 Å². The summed E-state index contributed by atoms with van der Waals surface area (Å²) >= 11 is 0. The molecule has 2 rings (SSSR count). The molecular weight excluding hydrogens is 204 g/mol. The van der Waals surface area contributed by atoms with E-state index >= 15 is 0 Å². The van der Waals surface area contributed by atoms with Crippen molar-refractivity contribution >= 4 is 5.91 Å². The van der Waals surface area contributed by atoms with E-state index in [2.05, 4.69) is 17.6 Å². The average molecular weight is 222 g/mol. The summed E-state index contributed by atoms with van der Waals surface area (Å²) in [5, 5.41) is 6.37. The zero-order valence-electron chi connectivity index (χ0n) is 9.53. The molecule has 2 heterocycles. The Morgan fingerprint density at radius 1 is 1.69 bits per heavy atom. The number of carbonyl (C=O) groups excluding carboxylic acids is 1. The van der Waals surface area contributed by atoms with Crippen molar-refractivity contribution in [1.29, 1.82) is 0 Å². The number of furan rings is 1. The van der Waals surface area contributed by atoms with Gasteiger partial charge in [0, 0.05) is 19.0 Å². The first-order valence-corrected chi connectivity index (χ1v) is 5.85. The van der Waals surface area contributed by atoms with Crippen LogP contribution in [0, 0.1) is 0 Å². The Bertz CT molecular complexity index is 335. The molecule has 1 saturated heterocycles.